The zero-order chi connectivity index (χ0) is 30.6. The third-order valence-corrected chi connectivity index (χ3v) is 8.01. The van der Waals surface area contributed by atoms with Crippen molar-refractivity contribution < 1.29 is 18.4 Å². The van der Waals surface area contributed by atoms with E-state index in [1.165, 1.54) is 34.4 Å². The molecule has 6 nitrogen and oxygen atoms in total. The van der Waals surface area contributed by atoms with Gasteiger partial charge in [0, 0.05) is 23.5 Å². The molecule has 0 atom stereocenters. The van der Waals surface area contributed by atoms with Crippen LogP contribution in [-0.2, 0) is 15.0 Å². The topological polar surface area (TPSA) is 84.5 Å². The predicted molar refractivity (Wildman–Crippen MR) is 176 cm³/mol. The van der Waals surface area contributed by atoms with Gasteiger partial charge in [-0.3, -0.25) is 9.59 Å². The molecular formula is C39H28N2O4. The summed E-state index contributed by atoms with van der Waals surface area (Å²) in [6.07, 6.45) is 9.29. The third kappa shape index (κ3) is 5.30. The Labute approximate surface area is 260 Å². The second-order valence-corrected chi connectivity index (χ2v) is 10.7. The van der Waals surface area contributed by atoms with Crippen molar-refractivity contribution in [3.63, 3.8) is 0 Å². The van der Waals surface area contributed by atoms with Gasteiger partial charge in [-0.05, 0) is 94.1 Å². The molecule has 6 aromatic rings. The summed E-state index contributed by atoms with van der Waals surface area (Å²) >= 11 is 0. The molecule has 0 unspecified atom stereocenters. The van der Waals surface area contributed by atoms with E-state index in [1.807, 2.05) is 24.3 Å². The zero-order valence-electron chi connectivity index (χ0n) is 24.1. The van der Waals surface area contributed by atoms with E-state index < -0.39 is 5.41 Å². The first-order chi connectivity index (χ1) is 22.1. The van der Waals surface area contributed by atoms with Gasteiger partial charge in [0.25, 0.3) is 0 Å². The van der Waals surface area contributed by atoms with E-state index in [0.29, 0.717) is 22.9 Å². The lowest BCUT2D eigenvalue weighted by Gasteiger charge is -2.34. The molecule has 0 bridgehead atoms. The van der Waals surface area contributed by atoms with Crippen molar-refractivity contribution in [1.29, 1.82) is 0 Å². The fourth-order valence-electron chi connectivity index (χ4n) is 6.09. The Morgan fingerprint density at radius 1 is 0.511 bits per heavy atom. The minimum absolute atomic E-state index is 0.248. The molecule has 2 N–H and O–H groups in total. The van der Waals surface area contributed by atoms with Crippen molar-refractivity contribution >= 4 is 35.3 Å². The van der Waals surface area contributed by atoms with Crippen molar-refractivity contribution in [3.8, 4) is 11.1 Å². The Kier molecular flexibility index (Phi) is 7.29. The molecule has 2 amide bonds. The fourth-order valence-corrected chi connectivity index (χ4v) is 6.09. The molecular weight excluding hydrogens is 560 g/mol. The van der Waals surface area contributed by atoms with Crippen LogP contribution in [0.15, 0.2) is 155 Å². The van der Waals surface area contributed by atoms with Crippen LogP contribution in [0.3, 0.4) is 0 Å². The minimum atomic E-state index is -0.614. The van der Waals surface area contributed by atoms with Crippen LogP contribution in [-0.4, -0.2) is 11.8 Å². The molecule has 0 radical (unpaired) electrons. The summed E-state index contributed by atoms with van der Waals surface area (Å²) in [5.74, 6) is 0.720. The zero-order valence-corrected chi connectivity index (χ0v) is 24.1. The molecule has 0 saturated heterocycles. The number of fused-ring (bicyclic) bond motifs is 3. The van der Waals surface area contributed by atoms with Crippen LogP contribution in [0.2, 0.25) is 0 Å². The standard InChI is InChI=1S/C39H28N2O4/c42-37(23-21-31-7-5-25-44-31)40-29-17-13-27(14-18-29)39(35-11-3-1-9-33(35)34-10-2-4-12-36(34)39)28-15-19-30(20-16-28)41-38(43)24-22-32-8-6-26-45-32/h1-26H,(H,40,42)(H,41,43)/b23-21+,24-22+. The Balaban J connectivity index is 1.24. The minimum Gasteiger partial charge on any atom is -0.465 e. The monoisotopic (exact) mass is 588 g/mol. The van der Waals surface area contributed by atoms with Gasteiger partial charge in [0.15, 0.2) is 0 Å². The Morgan fingerprint density at radius 3 is 1.33 bits per heavy atom. The van der Waals surface area contributed by atoms with Crippen molar-refractivity contribution in [2.75, 3.05) is 10.6 Å². The first-order valence-electron chi connectivity index (χ1n) is 14.6. The lowest BCUT2D eigenvalue weighted by Crippen LogP contribution is -2.28. The van der Waals surface area contributed by atoms with Gasteiger partial charge in [0.1, 0.15) is 11.5 Å². The number of benzene rings is 4. The molecule has 218 valence electrons. The van der Waals surface area contributed by atoms with Gasteiger partial charge in [-0.15, -0.1) is 0 Å². The Morgan fingerprint density at radius 2 is 0.933 bits per heavy atom. The van der Waals surface area contributed by atoms with Gasteiger partial charge in [-0.25, -0.2) is 0 Å². The van der Waals surface area contributed by atoms with Crippen molar-refractivity contribution in [1.82, 2.24) is 0 Å². The van der Waals surface area contributed by atoms with E-state index >= 15 is 0 Å². The van der Waals surface area contributed by atoms with Crippen LogP contribution in [0.25, 0.3) is 23.3 Å². The van der Waals surface area contributed by atoms with E-state index in [4.69, 9.17) is 8.83 Å². The number of furan rings is 2. The Hall–Kier alpha value is -6.14. The molecule has 1 aliphatic carbocycles. The van der Waals surface area contributed by atoms with Gasteiger partial charge in [0.2, 0.25) is 11.8 Å². The smallest absolute Gasteiger partial charge is 0.248 e. The summed E-state index contributed by atoms with van der Waals surface area (Å²) < 4.78 is 10.5. The van der Waals surface area contributed by atoms with Gasteiger partial charge >= 0.3 is 0 Å². The van der Waals surface area contributed by atoms with Crippen LogP contribution in [0.1, 0.15) is 33.8 Å². The van der Waals surface area contributed by atoms with Crippen LogP contribution >= 0.6 is 0 Å². The number of hydrogen-bond acceptors (Lipinski definition) is 4. The highest BCUT2D eigenvalue weighted by atomic mass is 16.3. The number of nitrogens with one attached hydrogen (secondary N) is 2. The van der Waals surface area contributed by atoms with Crippen molar-refractivity contribution in [2.24, 2.45) is 0 Å². The molecule has 0 saturated carbocycles. The highest BCUT2D eigenvalue weighted by molar-refractivity contribution is 6.02. The second-order valence-electron chi connectivity index (χ2n) is 10.7. The maximum Gasteiger partial charge on any atom is 0.248 e. The van der Waals surface area contributed by atoms with Gasteiger partial charge in [0.05, 0.1) is 17.9 Å². The average Bonchev–Trinajstić information content (AvgIpc) is 3.85. The summed E-state index contributed by atoms with van der Waals surface area (Å²) in [5.41, 5.74) is 7.56. The molecule has 2 aromatic heterocycles. The molecule has 45 heavy (non-hydrogen) atoms. The summed E-state index contributed by atoms with van der Waals surface area (Å²) in [6.45, 7) is 0. The van der Waals surface area contributed by atoms with Crippen LogP contribution in [0, 0.1) is 0 Å². The lowest BCUT2D eigenvalue weighted by molar-refractivity contribution is -0.112. The first kappa shape index (κ1) is 27.7. The number of carbonyl (C=O) groups is 2. The highest BCUT2D eigenvalue weighted by Gasteiger charge is 2.45. The summed E-state index contributed by atoms with van der Waals surface area (Å²) in [4.78, 5) is 25.2. The number of rotatable bonds is 8. The van der Waals surface area contributed by atoms with Crippen molar-refractivity contribution in [2.45, 2.75) is 5.41 Å². The van der Waals surface area contributed by atoms with Crippen LogP contribution in [0.5, 0.6) is 0 Å². The normalized spacial score (nSPS) is 13.1. The van der Waals surface area contributed by atoms with Gasteiger partial charge < -0.3 is 19.5 Å². The molecule has 1 aliphatic rings. The number of hydrogen-bond donors (Lipinski definition) is 2. The number of amides is 2. The van der Waals surface area contributed by atoms with E-state index in [9.17, 15) is 9.59 Å². The second kappa shape index (κ2) is 11.9. The third-order valence-electron chi connectivity index (χ3n) is 8.01. The summed E-state index contributed by atoms with van der Waals surface area (Å²) in [6, 6.07) is 40.1. The summed E-state index contributed by atoms with van der Waals surface area (Å²) in [5, 5.41) is 5.88. The summed E-state index contributed by atoms with van der Waals surface area (Å²) in [7, 11) is 0. The predicted octanol–water partition coefficient (Wildman–Crippen LogP) is 8.54. The fraction of sp³-hybridized carbons (Fsp3) is 0.0256. The molecule has 4 aromatic carbocycles. The highest BCUT2D eigenvalue weighted by Crippen LogP contribution is 2.56. The maximum absolute atomic E-state index is 12.6. The molecule has 0 spiro atoms. The van der Waals surface area contributed by atoms with Gasteiger partial charge in [-0.2, -0.15) is 0 Å². The van der Waals surface area contributed by atoms with E-state index in [2.05, 4.69) is 83.4 Å². The molecule has 7 rings (SSSR count). The molecule has 0 fully saturated rings. The lowest BCUT2D eigenvalue weighted by atomic mass is 9.67. The first-order valence-corrected chi connectivity index (χ1v) is 14.6. The number of carbonyl (C=O) groups excluding carboxylic acids is 2. The maximum atomic E-state index is 12.6. The average molecular weight is 589 g/mol. The Bertz CT molecular complexity index is 1870. The van der Waals surface area contributed by atoms with Crippen molar-refractivity contribution in [3.05, 3.63) is 180 Å². The van der Waals surface area contributed by atoms with E-state index in [-0.39, 0.29) is 11.8 Å². The molecule has 0 aliphatic heterocycles. The van der Waals surface area contributed by atoms with Gasteiger partial charge in [-0.1, -0.05) is 72.8 Å². The quantitative estimate of drug-likeness (QED) is 0.174. The SMILES string of the molecule is O=C(/C=C/c1ccco1)Nc1ccc(C2(c3ccc(NC(=O)/C=C/c4ccco4)cc3)c3ccccc3-c3ccccc32)cc1. The molecule has 6 heteroatoms. The van der Waals surface area contributed by atoms with Crippen LogP contribution < -0.4 is 10.6 Å². The number of anilines is 2. The largest absolute Gasteiger partial charge is 0.465 e. The van der Waals surface area contributed by atoms with E-state index in [0.717, 1.165) is 11.1 Å². The molecule has 2 heterocycles. The van der Waals surface area contributed by atoms with E-state index in [1.54, 1.807) is 48.9 Å². The van der Waals surface area contributed by atoms with Crippen LogP contribution in [0.4, 0.5) is 11.4 Å².